The van der Waals surface area contributed by atoms with Crippen molar-refractivity contribution >= 4 is 5.97 Å². The van der Waals surface area contributed by atoms with Gasteiger partial charge in [0.1, 0.15) is 12.3 Å². The maximum Gasteiger partial charge on any atom is 0.324 e. The van der Waals surface area contributed by atoms with Gasteiger partial charge in [-0.2, -0.15) is 0 Å². The van der Waals surface area contributed by atoms with E-state index in [1.54, 1.807) is 0 Å². The third-order valence-corrected chi connectivity index (χ3v) is 1.60. The average molecular weight is 160 g/mol. The Bertz CT molecular complexity index is 143. The first kappa shape index (κ1) is 8.45. The van der Waals surface area contributed by atoms with Gasteiger partial charge < -0.3 is 9.84 Å². The number of aliphatic hydroxyl groups is 1. The minimum atomic E-state index is -0.559. The van der Waals surface area contributed by atoms with Gasteiger partial charge >= 0.3 is 5.97 Å². The van der Waals surface area contributed by atoms with Crippen molar-refractivity contribution in [1.82, 2.24) is 10.6 Å². The molecule has 1 aliphatic rings. The Labute approximate surface area is 64.7 Å². The normalized spacial score (nSPS) is 31.5. The summed E-state index contributed by atoms with van der Waals surface area (Å²) < 4.78 is 4.50. The highest BCUT2D eigenvalue weighted by Gasteiger charge is 2.24. The van der Waals surface area contributed by atoms with Gasteiger partial charge in [0.25, 0.3) is 0 Å². The van der Waals surface area contributed by atoms with E-state index >= 15 is 0 Å². The fourth-order valence-corrected chi connectivity index (χ4v) is 0.961. The van der Waals surface area contributed by atoms with Crippen LogP contribution in [-0.2, 0) is 9.53 Å². The molecule has 64 valence electrons. The van der Waals surface area contributed by atoms with E-state index in [0.717, 1.165) is 0 Å². The third kappa shape index (κ3) is 2.14. The second-order valence-corrected chi connectivity index (χ2v) is 2.41. The van der Waals surface area contributed by atoms with Crippen LogP contribution in [0.25, 0.3) is 0 Å². The fraction of sp³-hybridized carbons (Fsp3) is 0.833. The average Bonchev–Trinajstić information content (AvgIpc) is 2.05. The van der Waals surface area contributed by atoms with Gasteiger partial charge in [0, 0.05) is 13.1 Å². The number of rotatable bonds is 1. The van der Waals surface area contributed by atoms with Crippen molar-refractivity contribution in [3.63, 3.8) is 0 Å². The van der Waals surface area contributed by atoms with Gasteiger partial charge in [-0.3, -0.25) is 15.4 Å². The summed E-state index contributed by atoms with van der Waals surface area (Å²) in [6, 6.07) is -0.330. The molecule has 0 aromatic carbocycles. The zero-order chi connectivity index (χ0) is 8.27. The van der Waals surface area contributed by atoms with Gasteiger partial charge in [-0.15, -0.1) is 0 Å². The zero-order valence-corrected chi connectivity index (χ0v) is 6.33. The topological polar surface area (TPSA) is 70.6 Å². The number of methoxy groups -OCH3 is 1. The molecule has 0 aromatic rings. The summed E-state index contributed by atoms with van der Waals surface area (Å²) >= 11 is 0. The first-order valence-corrected chi connectivity index (χ1v) is 3.46. The Morgan fingerprint density at radius 3 is 2.73 bits per heavy atom. The van der Waals surface area contributed by atoms with Gasteiger partial charge in [0.15, 0.2) is 0 Å². The number of esters is 1. The molecule has 0 spiro atoms. The van der Waals surface area contributed by atoms with E-state index in [1.165, 1.54) is 7.11 Å². The van der Waals surface area contributed by atoms with Gasteiger partial charge in [0.05, 0.1) is 7.11 Å². The van der Waals surface area contributed by atoms with Gasteiger partial charge in [-0.05, 0) is 0 Å². The lowest BCUT2D eigenvalue weighted by atomic mass is 10.2. The van der Waals surface area contributed by atoms with Crippen LogP contribution in [0.2, 0.25) is 0 Å². The summed E-state index contributed by atoms with van der Waals surface area (Å²) in [4.78, 5) is 10.9. The van der Waals surface area contributed by atoms with E-state index in [-0.39, 0.29) is 12.0 Å². The van der Waals surface area contributed by atoms with E-state index in [1.807, 2.05) is 0 Å². The van der Waals surface area contributed by atoms with Gasteiger partial charge in [0.2, 0.25) is 0 Å². The maximum atomic E-state index is 10.9. The lowest BCUT2D eigenvalue weighted by Gasteiger charge is -2.26. The predicted molar refractivity (Wildman–Crippen MR) is 37.8 cm³/mol. The van der Waals surface area contributed by atoms with Crippen molar-refractivity contribution in [2.75, 3.05) is 20.2 Å². The largest absolute Gasteiger partial charge is 0.468 e. The fourth-order valence-electron chi connectivity index (χ4n) is 0.961. The summed E-state index contributed by atoms with van der Waals surface area (Å²) in [5.41, 5.74) is 0. The molecule has 0 saturated carbocycles. The molecule has 1 aliphatic heterocycles. The quantitative estimate of drug-likeness (QED) is 0.388. The molecular weight excluding hydrogens is 148 g/mol. The smallest absolute Gasteiger partial charge is 0.324 e. The third-order valence-electron chi connectivity index (χ3n) is 1.60. The maximum absolute atomic E-state index is 10.9. The molecule has 1 saturated heterocycles. The zero-order valence-electron chi connectivity index (χ0n) is 6.33. The monoisotopic (exact) mass is 160 g/mol. The van der Waals surface area contributed by atoms with Crippen LogP contribution in [0.1, 0.15) is 0 Å². The summed E-state index contributed by atoms with van der Waals surface area (Å²) in [6.07, 6.45) is -0.559. The van der Waals surface area contributed by atoms with Crippen molar-refractivity contribution in [2.24, 2.45) is 0 Å². The molecule has 5 nitrogen and oxygen atoms in total. The molecule has 1 rings (SSSR count). The van der Waals surface area contributed by atoms with Crippen LogP contribution in [0.4, 0.5) is 0 Å². The van der Waals surface area contributed by atoms with Crippen LogP contribution in [0, 0.1) is 0 Å². The molecule has 5 heteroatoms. The van der Waals surface area contributed by atoms with Crippen molar-refractivity contribution in [3.05, 3.63) is 0 Å². The number of piperazine rings is 1. The van der Waals surface area contributed by atoms with Crippen molar-refractivity contribution in [1.29, 1.82) is 0 Å². The Morgan fingerprint density at radius 1 is 1.55 bits per heavy atom. The second-order valence-electron chi connectivity index (χ2n) is 2.41. The van der Waals surface area contributed by atoms with Crippen LogP contribution in [0.15, 0.2) is 0 Å². The molecule has 1 fully saturated rings. The minimum absolute atomic E-state index is 0.301. The van der Waals surface area contributed by atoms with Gasteiger partial charge in [-0.1, -0.05) is 0 Å². The minimum Gasteiger partial charge on any atom is -0.468 e. The number of ether oxygens (including phenoxy) is 1. The summed E-state index contributed by atoms with van der Waals surface area (Å²) in [6.45, 7) is 0.785. The Hall–Kier alpha value is -0.650. The lowest BCUT2D eigenvalue weighted by molar-refractivity contribution is -0.143. The molecule has 1 heterocycles. The molecule has 0 aliphatic carbocycles. The molecule has 2 atom stereocenters. The summed E-state index contributed by atoms with van der Waals surface area (Å²) in [7, 11) is 1.34. The molecule has 1 unspecified atom stereocenters. The SMILES string of the molecule is COC(=O)[C@H]1CNC(O)CN1. The van der Waals surface area contributed by atoms with E-state index < -0.39 is 6.23 Å². The van der Waals surface area contributed by atoms with Gasteiger partial charge in [-0.25, -0.2) is 0 Å². The molecular formula is C6H12N2O3. The molecule has 0 radical (unpaired) electrons. The highest BCUT2D eigenvalue weighted by atomic mass is 16.5. The van der Waals surface area contributed by atoms with Crippen LogP contribution >= 0.6 is 0 Å². The van der Waals surface area contributed by atoms with Crippen LogP contribution in [0.5, 0.6) is 0 Å². The van der Waals surface area contributed by atoms with E-state index in [0.29, 0.717) is 13.1 Å². The van der Waals surface area contributed by atoms with E-state index in [2.05, 4.69) is 15.4 Å². The molecule has 0 amide bonds. The highest BCUT2D eigenvalue weighted by Crippen LogP contribution is 1.92. The molecule has 0 aromatic heterocycles. The second kappa shape index (κ2) is 3.66. The van der Waals surface area contributed by atoms with E-state index in [4.69, 9.17) is 5.11 Å². The summed E-state index contributed by atoms with van der Waals surface area (Å²) in [5.74, 6) is -0.301. The number of aliphatic hydroxyl groups excluding tert-OH is 1. The molecule has 11 heavy (non-hydrogen) atoms. The Morgan fingerprint density at radius 2 is 2.27 bits per heavy atom. The first-order chi connectivity index (χ1) is 5.24. The molecule has 3 N–H and O–H groups in total. The van der Waals surface area contributed by atoms with Crippen LogP contribution in [-0.4, -0.2) is 43.5 Å². The number of nitrogens with one attached hydrogen (secondary N) is 2. The number of carbonyl (C=O) groups excluding carboxylic acids is 1. The number of hydrogen-bond acceptors (Lipinski definition) is 5. The van der Waals surface area contributed by atoms with Crippen LogP contribution in [0.3, 0.4) is 0 Å². The highest BCUT2D eigenvalue weighted by molar-refractivity contribution is 5.76. The van der Waals surface area contributed by atoms with E-state index in [9.17, 15) is 4.79 Å². The standard InChI is InChI=1S/C6H12N2O3/c1-11-6(10)4-2-8-5(9)3-7-4/h4-5,7-9H,2-3H2,1H3/t4-,5?/m1/s1. The Balaban J connectivity index is 2.33. The predicted octanol–water partition coefficient (Wildman–Crippen LogP) is -1.96. The Kier molecular flexibility index (Phi) is 2.81. The first-order valence-electron chi connectivity index (χ1n) is 3.46. The number of β-amino-alcohol motifs (C(OH)–C–C–N with tert-alkyl or cyclic N) is 1. The molecule has 0 bridgehead atoms. The number of hydrogen-bond donors (Lipinski definition) is 3. The van der Waals surface area contributed by atoms with Crippen molar-refractivity contribution in [2.45, 2.75) is 12.3 Å². The van der Waals surface area contributed by atoms with Crippen LogP contribution < -0.4 is 10.6 Å². The lowest BCUT2D eigenvalue weighted by Crippen LogP contribution is -2.57. The summed E-state index contributed by atoms with van der Waals surface area (Å²) in [5, 5.41) is 14.5. The van der Waals surface area contributed by atoms with Crippen molar-refractivity contribution in [3.8, 4) is 0 Å². The van der Waals surface area contributed by atoms with Crippen molar-refractivity contribution < 1.29 is 14.6 Å². The number of carbonyl (C=O) groups is 1.